The van der Waals surface area contributed by atoms with Crippen molar-refractivity contribution in [2.45, 2.75) is 39.9 Å². The van der Waals surface area contributed by atoms with Crippen LogP contribution in [0.3, 0.4) is 0 Å². The summed E-state index contributed by atoms with van der Waals surface area (Å²) in [4.78, 5) is 14.1. The number of nitrogens with one attached hydrogen (secondary N) is 1. The predicted octanol–water partition coefficient (Wildman–Crippen LogP) is 3.71. The highest BCUT2D eigenvalue weighted by Gasteiger charge is 2.18. The van der Waals surface area contributed by atoms with Crippen LogP contribution < -0.4 is 5.32 Å². The van der Waals surface area contributed by atoms with Crippen LogP contribution in [0.5, 0.6) is 0 Å². The van der Waals surface area contributed by atoms with E-state index < -0.39 is 0 Å². The zero-order chi connectivity index (χ0) is 15.2. The molecule has 112 valence electrons. The molecule has 0 saturated heterocycles. The van der Waals surface area contributed by atoms with Crippen molar-refractivity contribution in [1.82, 2.24) is 10.2 Å². The molecule has 0 radical (unpaired) electrons. The van der Waals surface area contributed by atoms with Gasteiger partial charge in [-0.3, -0.25) is 0 Å². The lowest BCUT2D eigenvalue weighted by Gasteiger charge is -2.26. The summed E-state index contributed by atoms with van der Waals surface area (Å²) in [6.45, 7) is 6.90. The fraction of sp³-hybridized carbons (Fsp3) is 0.353. The molecule has 1 heterocycles. The van der Waals surface area contributed by atoms with Gasteiger partial charge in [0.15, 0.2) is 0 Å². The van der Waals surface area contributed by atoms with Crippen molar-refractivity contribution >= 4 is 6.03 Å². The van der Waals surface area contributed by atoms with Crippen LogP contribution in [0.4, 0.5) is 4.79 Å². The maximum absolute atomic E-state index is 12.3. The molecule has 1 aromatic heterocycles. The van der Waals surface area contributed by atoms with Gasteiger partial charge in [0, 0.05) is 12.6 Å². The predicted molar refractivity (Wildman–Crippen MR) is 82.8 cm³/mol. The first-order valence-electron chi connectivity index (χ1n) is 7.20. The number of amides is 2. The second-order valence-electron chi connectivity index (χ2n) is 5.38. The molecule has 0 saturated carbocycles. The number of furan rings is 1. The van der Waals surface area contributed by atoms with Crippen LogP contribution in [-0.4, -0.2) is 17.0 Å². The molecule has 1 aromatic carbocycles. The van der Waals surface area contributed by atoms with E-state index in [1.807, 2.05) is 63.2 Å². The van der Waals surface area contributed by atoms with E-state index in [1.165, 1.54) is 0 Å². The Balaban J connectivity index is 1.96. The van der Waals surface area contributed by atoms with Crippen LogP contribution >= 0.6 is 0 Å². The number of benzene rings is 1. The van der Waals surface area contributed by atoms with Gasteiger partial charge in [0.25, 0.3) is 0 Å². The molecule has 0 aliphatic carbocycles. The fourth-order valence-corrected chi connectivity index (χ4v) is 2.10. The van der Waals surface area contributed by atoms with Crippen LogP contribution in [0.1, 0.15) is 30.9 Å². The molecule has 0 atom stereocenters. The molecule has 2 rings (SSSR count). The standard InChI is InChI=1S/C17H22N2O2/c1-13(2)19(12-16-10-9-14(3)21-16)17(20)18-11-15-7-5-4-6-8-15/h4-10,13H,11-12H2,1-3H3,(H,18,20). The Morgan fingerprint density at radius 2 is 1.90 bits per heavy atom. The van der Waals surface area contributed by atoms with Gasteiger partial charge < -0.3 is 14.6 Å². The van der Waals surface area contributed by atoms with E-state index >= 15 is 0 Å². The third-order valence-electron chi connectivity index (χ3n) is 3.29. The summed E-state index contributed by atoms with van der Waals surface area (Å²) in [5.41, 5.74) is 1.09. The SMILES string of the molecule is Cc1ccc(CN(C(=O)NCc2ccccc2)C(C)C)o1. The molecule has 0 fully saturated rings. The van der Waals surface area contributed by atoms with Gasteiger partial charge in [-0.05, 0) is 38.5 Å². The minimum atomic E-state index is -0.0806. The van der Waals surface area contributed by atoms with E-state index in [0.29, 0.717) is 13.1 Å². The molecule has 0 spiro atoms. The Labute approximate surface area is 125 Å². The molecule has 4 nitrogen and oxygen atoms in total. The first-order chi connectivity index (χ1) is 10.1. The maximum atomic E-state index is 12.3. The highest BCUT2D eigenvalue weighted by molar-refractivity contribution is 5.74. The van der Waals surface area contributed by atoms with E-state index in [2.05, 4.69) is 5.32 Å². The molecule has 0 aliphatic rings. The lowest BCUT2D eigenvalue weighted by Crippen LogP contribution is -2.43. The van der Waals surface area contributed by atoms with Crippen molar-refractivity contribution in [2.75, 3.05) is 0 Å². The van der Waals surface area contributed by atoms with Crippen LogP contribution in [0.25, 0.3) is 0 Å². The highest BCUT2D eigenvalue weighted by atomic mass is 16.3. The second kappa shape index (κ2) is 6.97. The van der Waals surface area contributed by atoms with E-state index in [0.717, 1.165) is 17.1 Å². The first-order valence-corrected chi connectivity index (χ1v) is 7.20. The average Bonchev–Trinajstić information content (AvgIpc) is 2.88. The van der Waals surface area contributed by atoms with Crippen molar-refractivity contribution in [3.8, 4) is 0 Å². The normalized spacial score (nSPS) is 10.7. The molecule has 1 N–H and O–H groups in total. The molecule has 0 unspecified atom stereocenters. The van der Waals surface area contributed by atoms with Gasteiger partial charge in [0.2, 0.25) is 0 Å². The number of urea groups is 1. The summed E-state index contributed by atoms with van der Waals surface area (Å²) in [5, 5.41) is 2.95. The van der Waals surface area contributed by atoms with Gasteiger partial charge in [-0.1, -0.05) is 30.3 Å². The van der Waals surface area contributed by atoms with Crippen molar-refractivity contribution < 1.29 is 9.21 Å². The van der Waals surface area contributed by atoms with Crippen LogP contribution in [-0.2, 0) is 13.1 Å². The largest absolute Gasteiger partial charge is 0.464 e. The lowest BCUT2D eigenvalue weighted by atomic mass is 10.2. The smallest absolute Gasteiger partial charge is 0.318 e. The fourth-order valence-electron chi connectivity index (χ4n) is 2.10. The van der Waals surface area contributed by atoms with Gasteiger partial charge in [-0.25, -0.2) is 4.79 Å². The van der Waals surface area contributed by atoms with Crippen molar-refractivity contribution in [1.29, 1.82) is 0 Å². The average molecular weight is 286 g/mol. The Bertz CT molecular complexity index is 575. The number of nitrogens with zero attached hydrogens (tertiary/aromatic N) is 1. The molecule has 21 heavy (non-hydrogen) atoms. The summed E-state index contributed by atoms with van der Waals surface area (Å²) in [7, 11) is 0. The Hall–Kier alpha value is -2.23. The van der Waals surface area contributed by atoms with Crippen molar-refractivity contribution in [3.63, 3.8) is 0 Å². The molecular formula is C17H22N2O2. The Morgan fingerprint density at radius 1 is 1.19 bits per heavy atom. The van der Waals surface area contributed by atoms with Gasteiger partial charge in [0.1, 0.15) is 11.5 Å². The van der Waals surface area contributed by atoms with Crippen LogP contribution in [0.15, 0.2) is 46.9 Å². The molecule has 2 aromatic rings. The van der Waals surface area contributed by atoms with E-state index in [9.17, 15) is 4.79 Å². The van der Waals surface area contributed by atoms with Gasteiger partial charge in [-0.15, -0.1) is 0 Å². The quantitative estimate of drug-likeness (QED) is 0.910. The Kier molecular flexibility index (Phi) is 5.04. The summed E-state index contributed by atoms with van der Waals surface area (Å²) >= 11 is 0. The van der Waals surface area contributed by atoms with E-state index in [4.69, 9.17) is 4.42 Å². The van der Waals surface area contributed by atoms with Gasteiger partial charge in [-0.2, -0.15) is 0 Å². The monoisotopic (exact) mass is 286 g/mol. The van der Waals surface area contributed by atoms with Crippen LogP contribution in [0.2, 0.25) is 0 Å². The minimum absolute atomic E-state index is 0.0806. The number of carbonyl (C=O) groups is 1. The summed E-state index contributed by atoms with van der Waals surface area (Å²) in [6, 6.07) is 13.7. The number of hydrogen-bond donors (Lipinski definition) is 1. The van der Waals surface area contributed by atoms with Crippen LogP contribution in [0, 0.1) is 6.92 Å². The number of carbonyl (C=O) groups excluding carboxylic acids is 1. The maximum Gasteiger partial charge on any atom is 0.318 e. The Morgan fingerprint density at radius 3 is 2.48 bits per heavy atom. The lowest BCUT2D eigenvalue weighted by molar-refractivity contribution is 0.173. The highest BCUT2D eigenvalue weighted by Crippen LogP contribution is 2.12. The number of hydrogen-bond acceptors (Lipinski definition) is 2. The zero-order valence-electron chi connectivity index (χ0n) is 12.8. The van der Waals surface area contributed by atoms with Crippen molar-refractivity contribution in [2.24, 2.45) is 0 Å². The molecule has 0 bridgehead atoms. The third-order valence-corrected chi connectivity index (χ3v) is 3.29. The van der Waals surface area contributed by atoms with Crippen molar-refractivity contribution in [3.05, 3.63) is 59.5 Å². The zero-order valence-corrected chi connectivity index (χ0v) is 12.8. The number of aryl methyl sites for hydroxylation is 1. The van der Waals surface area contributed by atoms with Gasteiger partial charge in [0.05, 0.1) is 6.54 Å². The number of rotatable bonds is 5. The summed E-state index contributed by atoms with van der Waals surface area (Å²) < 4.78 is 5.56. The topological polar surface area (TPSA) is 45.5 Å². The van der Waals surface area contributed by atoms with E-state index in [1.54, 1.807) is 4.90 Å². The minimum Gasteiger partial charge on any atom is -0.464 e. The first kappa shape index (κ1) is 15.2. The van der Waals surface area contributed by atoms with E-state index in [-0.39, 0.29) is 12.1 Å². The molecular weight excluding hydrogens is 264 g/mol. The van der Waals surface area contributed by atoms with Gasteiger partial charge >= 0.3 is 6.03 Å². The third kappa shape index (κ3) is 4.38. The summed E-state index contributed by atoms with van der Waals surface area (Å²) in [6.07, 6.45) is 0. The summed E-state index contributed by atoms with van der Waals surface area (Å²) in [5.74, 6) is 1.66. The molecule has 4 heteroatoms. The molecule has 0 aliphatic heterocycles. The molecule has 2 amide bonds. The second-order valence-corrected chi connectivity index (χ2v) is 5.38.